The molecule has 0 aliphatic heterocycles. The summed E-state index contributed by atoms with van der Waals surface area (Å²) < 4.78 is 13.2. The number of benzene rings is 1. The van der Waals surface area contributed by atoms with Crippen LogP contribution in [0.25, 0.3) is 5.03 Å². The van der Waals surface area contributed by atoms with Crippen molar-refractivity contribution in [2.75, 3.05) is 0 Å². The summed E-state index contributed by atoms with van der Waals surface area (Å²) in [6, 6.07) is 5.87. The van der Waals surface area contributed by atoms with E-state index in [1.54, 1.807) is 0 Å². The molecule has 0 aromatic heterocycles. The Balaban J connectivity index is 3.34. The van der Waals surface area contributed by atoms with Crippen LogP contribution < -0.4 is 0 Å². The second-order valence-corrected chi connectivity index (χ2v) is 3.49. The molecule has 4 heteroatoms. The van der Waals surface area contributed by atoms with E-state index in [1.807, 2.05) is 6.07 Å². The molecule has 1 rings (SSSR count). The number of nitrogens with zero attached hydrogens (tertiary/aromatic N) is 1. The minimum Gasteiger partial charge on any atom is -0.206 e. The molecule has 14 heavy (non-hydrogen) atoms. The van der Waals surface area contributed by atoms with Gasteiger partial charge in [0, 0.05) is 16.2 Å². The molecule has 0 saturated heterocycles. The van der Waals surface area contributed by atoms with Crippen LogP contribution in [0, 0.1) is 17.1 Å². The number of hydrogen-bond donors (Lipinski definition) is 0. The molecule has 1 aromatic rings. The lowest BCUT2D eigenvalue weighted by molar-refractivity contribution is 0.624. The summed E-state index contributed by atoms with van der Waals surface area (Å²) in [6.45, 7) is 1.52. The third kappa shape index (κ3) is 2.25. The maximum atomic E-state index is 13.2. The van der Waals surface area contributed by atoms with E-state index < -0.39 is 5.82 Å². The van der Waals surface area contributed by atoms with Gasteiger partial charge in [-0.25, -0.2) is 4.39 Å². The first-order valence-corrected chi connectivity index (χ1v) is 4.53. The summed E-state index contributed by atoms with van der Waals surface area (Å²) >= 11 is 11.5. The van der Waals surface area contributed by atoms with Gasteiger partial charge in [-0.3, -0.25) is 0 Å². The highest BCUT2D eigenvalue weighted by Crippen LogP contribution is 2.27. The van der Waals surface area contributed by atoms with E-state index in [1.165, 1.54) is 25.1 Å². The van der Waals surface area contributed by atoms with E-state index in [0.29, 0.717) is 5.02 Å². The van der Waals surface area contributed by atoms with E-state index in [4.69, 9.17) is 28.5 Å². The van der Waals surface area contributed by atoms with E-state index >= 15 is 0 Å². The Morgan fingerprint density at radius 3 is 2.71 bits per heavy atom. The fourth-order valence-electron chi connectivity index (χ4n) is 0.917. The highest BCUT2D eigenvalue weighted by molar-refractivity contribution is 6.49. The van der Waals surface area contributed by atoms with Gasteiger partial charge in [0.15, 0.2) is 0 Å². The summed E-state index contributed by atoms with van der Waals surface area (Å²) in [6.07, 6.45) is 0. The van der Waals surface area contributed by atoms with Crippen LogP contribution in [-0.4, -0.2) is 0 Å². The zero-order chi connectivity index (χ0) is 10.7. The van der Waals surface area contributed by atoms with Crippen LogP contribution in [0.1, 0.15) is 12.5 Å². The predicted molar refractivity (Wildman–Crippen MR) is 55.5 cm³/mol. The Kier molecular flexibility index (Phi) is 3.51. The first-order chi connectivity index (χ1) is 6.56. The van der Waals surface area contributed by atoms with Crippen molar-refractivity contribution in [3.63, 3.8) is 0 Å². The predicted octanol–water partition coefficient (Wildman–Crippen LogP) is 3.97. The second kappa shape index (κ2) is 4.45. The number of nitriles is 1. The van der Waals surface area contributed by atoms with Gasteiger partial charge in [0.2, 0.25) is 0 Å². The average Bonchev–Trinajstić information content (AvgIpc) is 2.19. The average molecular weight is 230 g/mol. The monoisotopic (exact) mass is 229 g/mol. The highest BCUT2D eigenvalue weighted by Gasteiger charge is 2.09. The first-order valence-electron chi connectivity index (χ1n) is 3.78. The molecule has 0 amide bonds. The van der Waals surface area contributed by atoms with Gasteiger partial charge in [0.1, 0.15) is 5.82 Å². The molecule has 1 aromatic carbocycles. The molecule has 0 radical (unpaired) electrons. The quantitative estimate of drug-likeness (QED) is 0.669. The van der Waals surface area contributed by atoms with E-state index in [9.17, 15) is 4.39 Å². The van der Waals surface area contributed by atoms with Gasteiger partial charge < -0.3 is 0 Å². The van der Waals surface area contributed by atoms with E-state index in [-0.39, 0.29) is 16.2 Å². The molecule has 0 heterocycles. The summed E-state index contributed by atoms with van der Waals surface area (Å²) in [7, 11) is 0. The summed E-state index contributed by atoms with van der Waals surface area (Å²) in [5.74, 6) is -0.492. The van der Waals surface area contributed by atoms with Gasteiger partial charge >= 0.3 is 0 Å². The fourth-order valence-corrected chi connectivity index (χ4v) is 1.28. The second-order valence-electron chi connectivity index (χ2n) is 2.67. The van der Waals surface area contributed by atoms with Crippen LogP contribution in [0.2, 0.25) is 5.02 Å². The molecule has 0 saturated carbocycles. The van der Waals surface area contributed by atoms with Crippen LogP contribution in [0.5, 0.6) is 0 Å². The molecule has 0 atom stereocenters. The van der Waals surface area contributed by atoms with Gasteiger partial charge in [-0.15, -0.1) is 0 Å². The molecular weight excluding hydrogens is 224 g/mol. The van der Waals surface area contributed by atoms with Crippen LogP contribution in [-0.2, 0) is 0 Å². The smallest absolute Gasteiger partial charge is 0.132 e. The lowest BCUT2D eigenvalue weighted by Crippen LogP contribution is -1.87. The molecule has 0 N–H and O–H groups in total. The Hall–Kier alpha value is -1.04. The molecule has 0 bridgehead atoms. The van der Waals surface area contributed by atoms with Crippen molar-refractivity contribution in [2.24, 2.45) is 0 Å². The molecule has 0 aliphatic rings. The van der Waals surface area contributed by atoms with Crippen LogP contribution in [0.3, 0.4) is 0 Å². The largest absolute Gasteiger partial charge is 0.206 e. The van der Waals surface area contributed by atoms with Gasteiger partial charge in [0.25, 0.3) is 0 Å². The topological polar surface area (TPSA) is 23.8 Å². The van der Waals surface area contributed by atoms with Crippen molar-refractivity contribution < 1.29 is 4.39 Å². The van der Waals surface area contributed by atoms with Crippen molar-refractivity contribution in [1.29, 1.82) is 5.26 Å². The lowest BCUT2D eigenvalue weighted by atomic mass is 10.1. The third-order valence-corrected chi connectivity index (χ3v) is 2.38. The van der Waals surface area contributed by atoms with Gasteiger partial charge in [0.05, 0.1) is 11.1 Å². The van der Waals surface area contributed by atoms with Gasteiger partial charge in [-0.2, -0.15) is 5.26 Å². The maximum Gasteiger partial charge on any atom is 0.132 e. The van der Waals surface area contributed by atoms with Crippen LogP contribution >= 0.6 is 23.2 Å². The van der Waals surface area contributed by atoms with Gasteiger partial charge in [-0.05, 0) is 25.1 Å². The minimum atomic E-state index is -0.492. The summed E-state index contributed by atoms with van der Waals surface area (Å²) in [4.78, 5) is 0. The van der Waals surface area contributed by atoms with E-state index in [0.717, 1.165) is 0 Å². The van der Waals surface area contributed by atoms with Crippen LogP contribution in [0.4, 0.5) is 4.39 Å². The minimum absolute atomic E-state index is 0.0903. The Morgan fingerprint density at radius 2 is 2.14 bits per heavy atom. The Labute approximate surface area is 91.4 Å². The number of halogens is 3. The van der Waals surface area contributed by atoms with Crippen molar-refractivity contribution in [2.45, 2.75) is 6.92 Å². The zero-order valence-corrected chi connectivity index (χ0v) is 8.83. The normalized spacial score (nSPS) is 11.9. The standard InChI is InChI=1S/C10H6Cl2FN/c1-6(5-14)10(12)8-4-7(11)2-3-9(8)13/h2-4H,1H3. The Morgan fingerprint density at radius 1 is 1.50 bits per heavy atom. The fraction of sp³-hybridized carbons (Fsp3) is 0.100. The third-order valence-electron chi connectivity index (χ3n) is 1.66. The van der Waals surface area contributed by atoms with Crippen molar-refractivity contribution in [3.05, 3.63) is 40.2 Å². The summed E-state index contributed by atoms with van der Waals surface area (Å²) in [5.41, 5.74) is 0.408. The SMILES string of the molecule is CC(C#N)=C(Cl)c1cc(Cl)ccc1F. The molecule has 0 spiro atoms. The zero-order valence-electron chi connectivity index (χ0n) is 7.31. The lowest BCUT2D eigenvalue weighted by Gasteiger charge is -2.02. The van der Waals surface area contributed by atoms with Crippen LogP contribution in [0.15, 0.2) is 23.8 Å². The number of hydrogen-bond acceptors (Lipinski definition) is 1. The highest BCUT2D eigenvalue weighted by atomic mass is 35.5. The number of rotatable bonds is 1. The molecule has 0 fully saturated rings. The molecule has 0 unspecified atom stereocenters. The first kappa shape index (κ1) is 11.0. The van der Waals surface area contributed by atoms with Crippen molar-refractivity contribution in [3.8, 4) is 6.07 Å². The summed E-state index contributed by atoms with van der Waals surface area (Å²) in [5, 5.41) is 9.05. The molecule has 0 aliphatic carbocycles. The Bertz CT molecular complexity index is 432. The van der Waals surface area contributed by atoms with E-state index in [2.05, 4.69) is 0 Å². The molecule has 1 nitrogen and oxygen atoms in total. The molecular formula is C10H6Cl2FN. The molecule has 72 valence electrons. The van der Waals surface area contributed by atoms with Crippen molar-refractivity contribution in [1.82, 2.24) is 0 Å². The maximum absolute atomic E-state index is 13.2. The van der Waals surface area contributed by atoms with Crippen molar-refractivity contribution >= 4 is 28.2 Å². The number of allylic oxidation sites excluding steroid dienone is 1. The van der Waals surface area contributed by atoms with Gasteiger partial charge in [-0.1, -0.05) is 23.2 Å².